The molecule has 2 N–H and O–H groups in total. The smallest absolute Gasteiger partial charge is 0.338 e. The summed E-state index contributed by atoms with van der Waals surface area (Å²) in [6.45, 7) is 2.18. The molecular weight excluding hydrogens is 242 g/mol. The van der Waals surface area contributed by atoms with E-state index in [4.69, 9.17) is 10.5 Å². The first-order valence-electron chi connectivity index (χ1n) is 6.08. The topological polar surface area (TPSA) is 70.1 Å². The number of nitrogens with two attached hydrogens (primary N) is 1. The van der Waals surface area contributed by atoms with E-state index in [1.54, 1.807) is 23.0 Å². The lowest BCUT2D eigenvalue weighted by Gasteiger charge is -2.08. The second-order valence-corrected chi connectivity index (χ2v) is 4.41. The SMILES string of the molecule is Cc1ccc(N)cc1C(=O)OCCc1ccnn1C. The fraction of sp³-hybridized carbons (Fsp3) is 0.286. The van der Waals surface area contributed by atoms with Gasteiger partial charge in [-0.3, -0.25) is 4.68 Å². The summed E-state index contributed by atoms with van der Waals surface area (Å²) >= 11 is 0. The molecule has 1 heterocycles. The van der Waals surface area contributed by atoms with Gasteiger partial charge in [-0.25, -0.2) is 4.79 Å². The number of rotatable bonds is 4. The van der Waals surface area contributed by atoms with E-state index in [0.717, 1.165) is 11.3 Å². The Morgan fingerprint density at radius 2 is 2.21 bits per heavy atom. The van der Waals surface area contributed by atoms with E-state index in [1.807, 2.05) is 26.1 Å². The molecule has 5 nitrogen and oxygen atoms in total. The summed E-state index contributed by atoms with van der Waals surface area (Å²) in [7, 11) is 1.86. The zero-order valence-electron chi connectivity index (χ0n) is 11.1. The average Bonchev–Trinajstić information content (AvgIpc) is 2.78. The lowest BCUT2D eigenvalue weighted by atomic mass is 10.1. The number of hydrogen-bond donors (Lipinski definition) is 1. The maximum Gasteiger partial charge on any atom is 0.338 e. The van der Waals surface area contributed by atoms with Crippen molar-refractivity contribution in [3.05, 3.63) is 47.3 Å². The van der Waals surface area contributed by atoms with Gasteiger partial charge < -0.3 is 10.5 Å². The zero-order valence-corrected chi connectivity index (χ0v) is 11.1. The number of nitrogen functional groups attached to an aromatic ring is 1. The van der Waals surface area contributed by atoms with Crippen LogP contribution in [0.25, 0.3) is 0 Å². The predicted octanol–water partition coefficient (Wildman–Crippen LogP) is 1.71. The van der Waals surface area contributed by atoms with Crippen LogP contribution in [-0.2, 0) is 18.2 Å². The molecule has 0 fully saturated rings. The van der Waals surface area contributed by atoms with Gasteiger partial charge in [-0.1, -0.05) is 6.07 Å². The molecule has 0 amide bonds. The number of esters is 1. The molecule has 0 saturated carbocycles. The molecule has 5 heteroatoms. The third-order valence-corrected chi connectivity index (χ3v) is 3.00. The zero-order chi connectivity index (χ0) is 13.8. The predicted molar refractivity (Wildman–Crippen MR) is 72.8 cm³/mol. The van der Waals surface area contributed by atoms with Crippen molar-refractivity contribution in [2.24, 2.45) is 7.05 Å². The van der Waals surface area contributed by atoms with Crippen molar-refractivity contribution in [1.82, 2.24) is 9.78 Å². The molecule has 2 aromatic rings. The van der Waals surface area contributed by atoms with Crippen LogP contribution < -0.4 is 5.73 Å². The molecule has 0 unspecified atom stereocenters. The van der Waals surface area contributed by atoms with E-state index in [0.29, 0.717) is 24.3 Å². The number of aryl methyl sites for hydroxylation is 2. The molecule has 2 rings (SSSR count). The fourth-order valence-corrected chi connectivity index (χ4v) is 1.83. The number of carbonyl (C=O) groups is 1. The molecule has 0 aliphatic carbocycles. The van der Waals surface area contributed by atoms with Crippen LogP contribution in [0.3, 0.4) is 0 Å². The van der Waals surface area contributed by atoms with Gasteiger partial charge >= 0.3 is 5.97 Å². The monoisotopic (exact) mass is 259 g/mol. The van der Waals surface area contributed by atoms with E-state index in [-0.39, 0.29) is 5.97 Å². The van der Waals surface area contributed by atoms with Gasteiger partial charge in [0.05, 0.1) is 12.2 Å². The van der Waals surface area contributed by atoms with E-state index in [2.05, 4.69) is 5.10 Å². The molecule has 19 heavy (non-hydrogen) atoms. The van der Waals surface area contributed by atoms with E-state index in [1.165, 1.54) is 0 Å². The lowest BCUT2D eigenvalue weighted by Crippen LogP contribution is -2.11. The van der Waals surface area contributed by atoms with Crippen LogP contribution in [0.1, 0.15) is 21.6 Å². The highest BCUT2D eigenvalue weighted by Gasteiger charge is 2.11. The Balaban J connectivity index is 1.94. The highest BCUT2D eigenvalue weighted by molar-refractivity contribution is 5.92. The maximum absolute atomic E-state index is 11.9. The van der Waals surface area contributed by atoms with Crippen molar-refractivity contribution < 1.29 is 9.53 Å². The summed E-state index contributed by atoms with van der Waals surface area (Å²) < 4.78 is 7.02. The lowest BCUT2D eigenvalue weighted by molar-refractivity contribution is 0.0507. The quantitative estimate of drug-likeness (QED) is 0.670. The van der Waals surface area contributed by atoms with Crippen LogP contribution in [0.4, 0.5) is 5.69 Å². The third kappa shape index (κ3) is 3.13. The average molecular weight is 259 g/mol. The Hall–Kier alpha value is -2.30. The molecule has 1 aromatic heterocycles. The number of nitrogens with zero attached hydrogens (tertiary/aromatic N) is 2. The summed E-state index contributed by atoms with van der Waals surface area (Å²) in [4.78, 5) is 11.9. The van der Waals surface area contributed by atoms with E-state index >= 15 is 0 Å². The van der Waals surface area contributed by atoms with Crippen molar-refractivity contribution in [2.45, 2.75) is 13.3 Å². The summed E-state index contributed by atoms with van der Waals surface area (Å²) in [5, 5.41) is 4.06. The maximum atomic E-state index is 11.9. The molecule has 0 radical (unpaired) electrons. The van der Waals surface area contributed by atoms with Gasteiger partial charge in [0.15, 0.2) is 0 Å². The van der Waals surface area contributed by atoms with Crippen LogP contribution >= 0.6 is 0 Å². The second kappa shape index (κ2) is 5.56. The number of anilines is 1. The largest absolute Gasteiger partial charge is 0.462 e. The van der Waals surface area contributed by atoms with Gasteiger partial charge in [0.1, 0.15) is 0 Å². The highest BCUT2D eigenvalue weighted by atomic mass is 16.5. The van der Waals surface area contributed by atoms with Crippen LogP contribution in [-0.4, -0.2) is 22.4 Å². The normalized spacial score (nSPS) is 10.4. The number of benzene rings is 1. The molecule has 100 valence electrons. The summed E-state index contributed by atoms with van der Waals surface area (Å²) in [5.41, 5.74) is 8.64. The van der Waals surface area contributed by atoms with Crippen LogP contribution in [0, 0.1) is 6.92 Å². The fourth-order valence-electron chi connectivity index (χ4n) is 1.83. The number of carbonyl (C=O) groups excluding carboxylic acids is 1. The summed E-state index contributed by atoms with van der Waals surface area (Å²) in [6, 6.07) is 7.12. The standard InChI is InChI=1S/C14H17N3O2/c1-10-3-4-11(15)9-13(10)14(18)19-8-6-12-5-7-16-17(12)2/h3-5,7,9H,6,8,15H2,1-2H3. The summed E-state index contributed by atoms with van der Waals surface area (Å²) in [6.07, 6.45) is 2.36. The van der Waals surface area contributed by atoms with Crippen molar-refractivity contribution in [1.29, 1.82) is 0 Å². The van der Waals surface area contributed by atoms with Crippen LogP contribution in [0.2, 0.25) is 0 Å². The summed E-state index contributed by atoms with van der Waals surface area (Å²) in [5.74, 6) is -0.341. The van der Waals surface area contributed by atoms with Gasteiger partial charge in [0, 0.05) is 31.0 Å². The molecule has 0 aliphatic rings. The highest BCUT2D eigenvalue weighted by Crippen LogP contribution is 2.14. The van der Waals surface area contributed by atoms with Gasteiger partial charge in [0.2, 0.25) is 0 Å². The molecular formula is C14H17N3O2. The number of hydrogen-bond acceptors (Lipinski definition) is 4. The van der Waals surface area contributed by atoms with Crippen LogP contribution in [0.5, 0.6) is 0 Å². The Morgan fingerprint density at radius 3 is 2.89 bits per heavy atom. The Bertz CT molecular complexity index is 590. The molecule has 0 saturated heterocycles. The molecule has 0 aliphatic heterocycles. The van der Waals surface area contributed by atoms with Gasteiger partial charge in [0.25, 0.3) is 0 Å². The van der Waals surface area contributed by atoms with Crippen molar-refractivity contribution in [3.63, 3.8) is 0 Å². The second-order valence-electron chi connectivity index (χ2n) is 4.41. The van der Waals surface area contributed by atoms with Gasteiger partial charge in [-0.15, -0.1) is 0 Å². The first-order chi connectivity index (χ1) is 9.08. The minimum atomic E-state index is -0.341. The van der Waals surface area contributed by atoms with Crippen molar-refractivity contribution >= 4 is 11.7 Å². The van der Waals surface area contributed by atoms with Crippen molar-refractivity contribution in [2.75, 3.05) is 12.3 Å². The Kier molecular flexibility index (Phi) is 3.85. The van der Waals surface area contributed by atoms with Crippen LogP contribution in [0.15, 0.2) is 30.5 Å². The third-order valence-electron chi connectivity index (χ3n) is 3.00. The minimum Gasteiger partial charge on any atom is -0.462 e. The molecule has 0 atom stereocenters. The Labute approximate surface area is 112 Å². The van der Waals surface area contributed by atoms with Crippen molar-refractivity contribution in [3.8, 4) is 0 Å². The Morgan fingerprint density at radius 1 is 1.42 bits per heavy atom. The number of aromatic nitrogens is 2. The number of ether oxygens (including phenoxy) is 1. The van der Waals surface area contributed by atoms with Gasteiger partial charge in [-0.2, -0.15) is 5.10 Å². The molecule has 1 aromatic carbocycles. The minimum absolute atomic E-state index is 0.326. The van der Waals surface area contributed by atoms with E-state index < -0.39 is 0 Å². The molecule has 0 spiro atoms. The molecule has 0 bridgehead atoms. The first kappa shape index (κ1) is 13.1. The van der Waals surface area contributed by atoms with Gasteiger partial charge in [-0.05, 0) is 30.7 Å². The first-order valence-corrected chi connectivity index (χ1v) is 6.08. The van der Waals surface area contributed by atoms with E-state index in [9.17, 15) is 4.79 Å².